The van der Waals surface area contributed by atoms with Crippen molar-refractivity contribution in [1.82, 2.24) is 24.6 Å². The number of carbonyl (C=O) groups excluding carboxylic acids is 1. The quantitative estimate of drug-likeness (QED) is 0.378. The van der Waals surface area contributed by atoms with Crippen LogP contribution in [0.25, 0.3) is 6.08 Å². The highest BCUT2D eigenvalue weighted by Gasteiger charge is 2.32. The molecule has 9 heteroatoms. The van der Waals surface area contributed by atoms with Gasteiger partial charge in [-0.1, -0.05) is 18.2 Å². The summed E-state index contributed by atoms with van der Waals surface area (Å²) in [6.07, 6.45) is 7.65. The standard InChI is InChI=1S/C24H27N5O2S2/c1-16-25-19(15-33-16)14-31-21-5-3-2-4-17(21)6-9-22(30)28-12-10-18(11-13-28)23-26-27-24(32)29(23)20-7-8-20/h2-6,9,15,18,20H,7-8,10-14H2,1H3,(H,27,32). The van der Waals surface area contributed by atoms with Crippen LogP contribution >= 0.6 is 23.6 Å². The number of piperidine rings is 1. The Morgan fingerprint density at radius 2 is 2.06 bits per heavy atom. The second-order valence-electron chi connectivity index (χ2n) is 8.61. The average molecular weight is 482 g/mol. The van der Waals surface area contributed by atoms with Gasteiger partial charge in [-0.3, -0.25) is 9.89 Å². The molecule has 0 atom stereocenters. The smallest absolute Gasteiger partial charge is 0.246 e. The van der Waals surface area contributed by atoms with Gasteiger partial charge in [0.15, 0.2) is 4.77 Å². The zero-order valence-corrected chi connectivity index (χ0v) is 20.2. The van der Waals surface area contributed by atoms with Gasteiger partial charge >= 0.3 is 0 Å². The lowest BCUT2D eigenvalue weighted by atomic mass is 9.95. The Hall–Kier alpha value is -2.78. The third-order valence-electron chi connectivity index (χ3n) is 6.18. The normalized spacial score (nSPS) is 17.1. The molecular formula is C24H27N5O2S2. The number of hydrogen-bond acceptors (Lipinski definition) is 6. The first-order valence-electron chi connectivity index (χ1n) is 11.3. The van der Waals surface area contributed by atoms with E-state index in [1.165, 1.54) is 12.8 Å². The summed E-state index contributed by atoms with van der Waals surface area (Å²) in [6, 6.07) is 8.26. The molecule has 2 aliphatic rings. The molecule has 2 fully saturated rings. The Morgan fingerprint density at radius 3 is 2.79 bits per heavy atom. The highest BCUT2D eigenvalue weighted by atomic mass is 32.1. The first-order chi connectivity index (χ1) is 16.1. The summed E-state index contributed by atoms with van der Waals surface area (Å²) >= 11 is 7.03. The van der Waals surface area contributed by atoms with Gasteiger partial charge in [-0.05, 0) is 57.0 Å². The van der Waals surface area contributed by atoms with Crippen molar-refractivity contribution in [1.29, 1.82) is 0 Å². The van der Waals surface area contributed by atoms with Gasteiger partial charge in [0.1, 0.15) is 18.2 Å². The Balaban J connectivity index is 1.19. The second-order valence-corrected chi connectivity index (χ2v) is 10.1. The van der Waals surface area contributed by atoms with E-state index < -0.39 is 0 Å². The highest BCUT2D eigenvalue weighted by Crippen LogP contribution is 2.39. The summed E-state index contributed by atoms with van der Waals surface area (Å²) in [5.74, 6) is 2.18. The molecule has 0 spiro atoms. The number of rotatable bonds is 7. The summed E-state index contributed by atoms with van der Waals surface area (Å²) < 4.78 is 8.88. The van der Waals surface area contributed by atoms with Crippen molar-refractivity contribution < 1.29 is 9.53 Å². The Labute approximate surface area is 202 Å². The average Bonchev–Trinajstić information content (AvgIpc) is 3.47. The first-order valence-corrected chi connectivity index (χ1v) is 12.6. The molecule has 7 nitrogen and oxygen atoms in total. The SMILES string of the molecule is Cc1nc(COc2ccccc2C=CC(=O)N2CCC(c3n[nH]c(=S)n3C3CC3)CC2)cs1. The molecule has 0 unspecified atom stereocenters. The topological polar surface area (TPSA) is 76.0 Å². The molecule has 1 saturated heterocycles. The molecule has 1 aliphatic heterocycles. The summed E-state index contributed by atoms with van der Waals surface area (Å²) in [6.45, 7) is 3.84. The number of aromatic nitrogens is 4. The minimum Gasteiger partial charge on any atom is -0.487 e. The van der Waals surface area contributed by atoms with Crippen molar-refractivity contribution in [3.63, 3.8) is 0 Å². The third-order valence-corrected chi connectivity index (χ3v) is 7.29. The van der Waals surface area contributed by atoms with E-state index in [-0.39, 0.29) is 5.91 Å². The number of nitrogens with one attached hydrogen (secondary N) is 1. The molecule has 1 saturated carbocycles. The number of hydrogen-bond donors (Lipinski definition) is 1. The van der Waals surface area contributed by atoms with E-state index in [1.807, 2.05) is 47.5 Å². The monoisotopic (exact) mass is 481 g/mol. The van der Waals surface area contributed by atoms with Gasteiger partial charge in [-0.25, -0.2) is 4.98 Å². The third kappa shape index (κ3) is 5.09. The van der Waals surface area contributed by atoms with E-state index in [4.69, 9.17) is 17.0 Å². The van der Waals surface area contributed by atoms with E-state index in [1.54, 1.807) is 17.4 Å². The molecular weight excluding hydrogens is 454 g/mol. The van der Waals surface area contributed by atoms with Gasteiger partial charge < -0.3 is 14.2 Å². The lowest BCUT2D eigenvalue weighted by molar-refractivity contribution is -0.127. The van der Waals surface area contributed by atoms with Crippen molar-refractivity contribution in [2.45, 2.75) is 51.2 Å². The van der Waals surface area contributed by atoms with E-state index in [0.29, 0.717) is 18.6 Å². The molecule has 5 rings (SSSR count). The minimum atomic E-state index is 0.0273. The van der Waals surface area contributed by atoms with Crippen molar-refractivity contribution in [3.05, 3.63) is 62.6 Å². The molecule has 33 heavy (non-hydrogen) atoms. The molecule has 172 valence electrons. The molecule has 1 amide bonds. The van der Waals surface area contributed by atoms with Gasteiger partial charge in [-0.15, -0.1) is 11.3 Å². The van der Waals surface area contributed by atoms with Gasteiger partial charge in [0.25, 0.3) is 0 Å². The van der Waals surface area contributed by atoms with Gasteiger partial charge in [0.2, 0.25) is 5.91 Å². The largest absolute Gasteiger partial charge is 0.487 e. The summed E-state index contributed by atoms with van der Waals surface area (Å²) in [4.78, 5) is 19.2. The van der Waals surface area contributed by atoms with Gasteiger partial charge in [-0.2, -0.15) is 5.10 Å². The molecule has 2 aromatic heterocycles. The molecule has 3 aromatic rings. The minimum absolute atomic E-state index is 0.0273. The van der Waals surface area contributed by atoms with Crippen LogP contribution in [-0.2, 0) is 11.4 Å². The molecule has 3 heterocycles. The number of H-pyrrole nitrogens is 1. The van der Waals surface area contributed by atoms with Crippen molar-refractivity contribution in [2.75, 3.05) is 13.1 Å². The second kappa shape index (κ2) is 9.61. The predicted octanol–water partition coefficient (Wildman–Crippen LogP) is 5.04. The van der Waals surface area contributed by atoms with Crippen LogP contribution in [0.2, 0.25) is 0 Å². The molecule has 1 aromatic carbocycles. The van der Waals surface area contributed by atoms with Crippen LogP contribution in [0.5, 0.6) is 5.75 Å². The van der Waals surface area contributed by atoms with Crippen LogP contribution in [0.15, 0.2) is 35.7 Å². The lowest BCUT2D eigenvalue weighted by Crippen LogP contribution is -2.37. The summed E-state index contributed by atoms with van der Waals surface area (Å²) in [7, 11) is 0. The fourth-order valence-electron chi connectivity index (χ4n) is 4.29. The van der Waals surface area contributed by atoms with Crippen LogP contribution in [0.4, 0.5) is 0 Å². The Morgan fingerprint density at radius 1 is 1.27 bits per heavy atom. The molecule has 1 N–H and O–H groups in total. The number of carbonyl (C=O) groups is 1. The summed E-state index contributed by atoms with van der Waals surface area (Å²) in [5.41, 5.74) is 1.80. The zero-order valence-electron chi connectivity index (χ0n) is 18.6. The fraction of sp³-hybridized carbons (Fsp3) is 0.417. The Kier molecular flexibility index (Phi) is 6.41. The van der Waals surface area contributed by atoms with Gasteiger partial charge in [0, 0.05) is 42.1 Å². The van der Waals surface area contributed by atoms with E-state index in [9.17, 15) is 4.79 Å². The fourth-order valence-corrected chi connectivity index (χ4v) is 5.18. The predicted molar refractivity (Wildman–Crippen MR) is 131 cm³/mol. The maximum Gasteiger partial charge on any atom is 0.246 e. The number of amides is 1. The van der Waals surface area contributed by atoms with Crippen LogP contribution in [0, 0.1) is 11.7 Å². The maximum atomic E-state index is 12.8. The number of aromatic amines is 1. The van der Waals surface area contributed by atoms with Crippen LogP contribution in [0.3, 0.4) is 0 Å². The number of ether oxygens (including phenoxy) is 1. The van der Waals surface area contributed by atoms with Crippen molar-refractivity contribution >= 4 is 35.5 Å². The lowest BCUT2D eigenvalue weighted by Gasteiger charge is -2.31. The molecule has 0 bridgehead atoms. The van der Waals surface area contributed by atoms with E-state index in [0.717, 1.165) is 58.5 Å². The van der Waals surface area contributed by atoms with Crippen molar-refractivity contribution in [2.24, 2.45) is 0 Å². The number of thiazole rings is 1. The number of benzene rings is 1. The number of aryl methyl sites for hydroxylation is 1. The number of para-hydroxylation sites is 1. The van der Waals surface area contributed by atoms with Crippen LogP contribution in [-0.4, -0.2) is 43.6 Å². The van der Waals surface area contributed by atoms with E-state index in [2.05, 4.69) is 19.7 Å². The summed E-state index contributed by atoms with van der Waals surface area (Å²) in [5, 5.41) is 10.5. The van der Waals surface area contributed by atoms with Crippen LogP contribution < -0.4 is 4.74 Å². The molecule has 1 aliphatic carbocycles. The highest BCUT2D eigenvalue weighted by molar-refractivity contribution is 7.71. The first kappa shape index (κ1) is 22.0. The number of likely N-dealkylation sites (tertiary alicyclic amines) is 1. The Bertz CT molecular complexity index is 1220. The van der Waals surface area contributed by atoms with E-state index >= 15 is 0 Å². The van der Waals surface area contributed by atoms with Gasteiger partial charge in [0.05, 0.1) is 10.7 Å². The maximum absolute atomic E-state index is 12.8. The zero-order chi connectivity index (χ0) is 22.8. The van der Waals surface area contributed by atoms with Crippen molar-refractivity contribution in [3.8, 4) is 5.75 Å². The molecule has 0 radical (unpaired) electrons. The van der Waals surface area contributed by atoms with Crippen LogP contribution in [0.1, 0.15) is 59.7 Å². The number of nitrogens with zero attached hydrogens (tertiary/aromatic N) is 4.